The molecule has 11 nitrogen and oxygen atoms in total. The predicted octanol–water partition coefficient (Wildman–Crippen LogP) is 11.7. The Balaban J connectivity index is 0.000000287. The number of ketones is 2. The van der Waals surface area contributed by atoms with E-state index in [9.17, 15) is 34.5 Å². The fourth-order valence-electron chi connectivity index (χ4n) is 8.03. The Kier molecular flexibility index (Phi) is 23.2. The van der Waals surface area contributed by atoms with Crippen LogP contribution in [0.2, 0.25) is 0 Å². The summed E-state index contributed by atoms with van der Waals surface area (Å²) in [6.07, 6.45) is 14.8. The fraction of sp³-hybridized carbons (Fsp3) is 0.390. The van der Waals surface area contributed by atoms with Crippen molar-refractivity contribution < 1.29 is 38.2 Å². The van der Waals surface area contributed by atoms with Gasteiger partial charge in [0.25, 0.3) is 0 Å². The van der Waals surface area contributed by atoms with Crippen molar-refractivity contribution >= 4 is 72.9 Å². The number of hydrogen-bond acceptors (Lipinski definition) is 11. The minimum absolute atomic E-state index is 0.0969. The van der Waals surface area contributed by atoms with E-state index in [0.717, 1.165) is 85.8 Å². The average molecular weight is 944 g/mol. The Morgan fingerprint density at radius 1 is 0.529 bits per heavy atom. The third-order valence-electron chi connectivity index (χ3n) is 12.3. The fourth-order valence-corrected chi connectivity index (χ4v) is 8.03. The SMILES string of the molecule is CCCCC(CC)COC(=O)CC#N.CCCCCCOC(=O)/C(C#N)=c1/cc/c(=C(/C#N)C(=O)OCC(CC)CCCC)c2cc3ccccc3cc12.O=C1C=CC(=O)c2cc3ccccc3cc21. The van der Waals surface area contributed by atoms with Crippen molar-refractivity contribution in [2.45, 2.75) is 118 Å². The van der Waals surface area contributed by atoms with Gasteiger partial charge in [0, 0.05) is 21.6 Å². The second-order valence-electron chi connectivity index (χ2n) is 17.3. The van der Waals surface area contributed by atoms with E-state index in [1.165, 1.54) is 25.0 Å². The highest BCUT2D eigenvalue weighted by atomic mass is 16.5. The molecule has 5 aromatic carbocycles. The molecule has 2 unspecified atom stereocenters. The van der Waals surface area contributed by atoms with E-state index in [-0.39, 0.29) is 48.3 Å². The summed E-state index contributed by atoms with van der Waals surface area (Å²) in [4.78, 5) is 60.2. The largest absolute Gasteiger partial charge is 0.465 e. The summed E-state index contributed by atoms with van der Waals surface area (Å²) >= 11 is 0. The Bertz CT molecular complexity index is 2870. The summed E-state index contributed by atoms with van der Waals surface area (Å²) < 4.78 is 16.0. The van der Waals surface area contributed by atoms with Crippen LogP contribution in [0.1, 0.15) is 139 Å². The number of allylic oxidation sites excluding steroid dienone is 2. The zero-order chi connectivity index (χ0) is 50.8. The summed E-state index contributed by atoms with van der Waals surface area (Å²) in [5.74, 6) is -1.24. The molecule has 2 atom stereocenters. The van der Waals surface area contributed by atoms with Crippen molar-refractivity contribution in [1.82, 2.24) is 0 Å². The van der Waals surface area contributed by atoms with Gasteiger partial charge in [-0.1, -0.05) is 153 Å². The van der Waals surface area contributed by atoms with Gasteiger partial charge in [-0.05, 0) is 99.8 Å². The molecule has 5 aromatic rings. The first-order valence-corrected chi connectivity index (χ1v) is 24.6. The van der Waals surface area contributed by atoms with E-state index in [1.54, 1.807) is 30.3 Å². The lowest BCUT2D eigenvalue weighted by atomic mass is 9.92. The standard InChI is InChI=1S/C34H38N2O4.C14H8O2.C11H19NO2/c1-4-7-9-12-18-39-33(37)31(21-35)27-16-17-28(30-20-26-15-11-10-14-25(26)19-29(27)30)32(22-36)34(38)40-23-24(6-3)13-8-5-2;15-13-5-6-14(16)12-8-10-4-2-1-3-9(10)7-11(12)13;1-3-5-6-10(4-2)9-14-11(13)7-8-12/h10-11,14-17,19-20,24H,4-9,12-13,18,23H2,1-3H3;1-8H;10H,3-7,9H2,1-2H3/b31-27-,32-28+;;. The van der Waals surface area contributed by atoms with Crippen LogP contribution in [-0.4, -0.2) is 49.3 Å². The second kappa shape index (κ2) is 29.5. The maximum atomic E-state index is 13.1. The van der Waals surface area contributed by atoms with Crippen LogP contribution in [0.3, 0.4) is 0 Å². The molecule has 0 heterocycles. The van der Waals surface area contributed by atoms with Gasteiger partial charge in [0.15, 0.2) is 11.6 Å². The molecule has 0 amide bonds. The molecule has 0 aromatic heterocycles. The molecule has 0 N–H and O–H groups in total. The van der Waals surface area contributed by atoms with E-state index in [0.29, 0.717) is 44.9 Å². The number of hydrogen-bond donors (Lipinski definition) is 0. The molecule has 364 valence electrons. The third kappa shape index (κ3) is 15.8. The lowest BCUT2D eigenvalue weighted by Crippen LogP contribution is -2.23. The van der Waals surface area contributed by atoms with Crippen LogP contribution in [0.4, 0.5) is 0 Å². The summed E-state index contributed by atoms with van der Waals surface area (Å²) in [7, 11) is 0. The third-order valence-corrected chi connectivity index (χ3v) is 12.3. The summed E-state index contributed by atoms with van der Waals surface area (Å²) in [6.45, 7) is 11.5. The van der Waals surface area contributed by atoms with Gasteiger partial charge in [-0.2, -0.15) is 15.8 Å². The van der Waals surface area contributed by atoms with E-state index in [2.05, 4.69) is 40.7 Å². The molecule has 1 aliphatic carbocycles. The molecule has 0 spiro atoms. The number of nitrogens with zero attached hydrogens (tertiary/aromatic N) is 3. The average Bonchev–Trinajstić information content (AvgIpc) is 3.38. The molecule has 1 aliphatic rings. The maximum Gasteiger partial charge on any atom is 0.349 e. The van der Waals surface area contributed by atoms with Gasteiger partial charge in [-0.25, -0.2) is 9.59 Å². The Morgan fingerprint density at radius 3 is 1.37 bits per heavy atom. The molecule has 70 heavy (non-hydrogen) atoms. The molecular formula is C59H65N3O8. The number of fused-ring (bicyclic) bond motifs is 4. The van der Waals surface area contributed by atoms with Crippen molar-refractivity contribution in [2.75, 3.05) is 19.8 Å². The minimum atomic E-state index is -0.678. The van der Waals surface area contributed by atoms with Crippen LogP contribution >= 0.6 is 0 Å². The summed E-state index contributed by atoms with van der Waals surface area (Å²) in [6, 6.07) is 31.8. The van der Waals surface area contributed by atoms with Crippen molar-refractivity contribution in [3.05, 3.63) is 119 Å². The molecule has 6 rings (SSSR count). The molecular weight excluding hydrogens is 879 g/mol. The number of esters is 3. The number of nitriles is 3. The van der Waals surface area contributed by atoms with E-state index >= 15 is 0 Å². The lowest BCUT2D eigenvalue weighted by molar-refractivity contribution is -0.144. The topological polar surface area (TPSA) is 184 Å². The van der Waals surface area contributed by atoms with Crippen LogP contribution in [0.15, 0.2) is 97.1 Å². The van der Waals surface area contributed by atoms with Gasteiger partial charge in [0.05, 0.1) is 25.9 Å². The predicted molar refractivity (Wildman–Crippen MR) is 274 cm³/mol. The summed E-state index contributed by atoms with van der Waals surface area (Å²) in [5, 5.41) is 34.0. The van der Waals surface area contributed by atoms with E-state index < -0.39 is 17.9 Å². The second-order valence-corrected chi connectivity index (χ2v) is 17.3. The monoisotopic (exact) mass is 943 g/mol. The van der Waals surface area contributed by atoms with E-state index in [1.807, 2.05) is 66.7 Å². The first kappa shape index (κ1) is 55.2. The number of unbranched alkanes of at least 4 members (excludes halogenated alkanes) is 5. The normalized spacial score (nSPS) is 13.2. The molecule has 0 fully saturated rings. The Hall–Kier alpha value is -7.42. The maximum absolute atomic E-state index is 13.1. The number of carbonyl (C=O) groups is 5. The zero-order valence-electron chi connectivity index (χ0n) is 41.3. The van der Waals surface area contributed by atoms with Crippen LogP contribution < -0.4 is 10.4 Å². The number of ether oxygens (including phenoxy) is 3. The molecule has 0 saturated carbocycles. The van der Waals surface area contributed by atoms with Crippen molar-refractivity contribution in [3.63, 3.8) is 0 Å². The first-order valence-electron chi connectivity index (χ1n) is 24.6. The highest BCUT2D eigenvalue weighted by molar-refractivity contribution is 6.23. The zero-order valence-corrected chi connectivity index (χ0v) is 41.3. The van der Waals surface area contributed by atoms with Crippen LogP contribution in [0, 0.1) is 45.8 Å². The van der Waals surface area contributed by atoms with Crippen molar-refractivity contribution in [1.29, 1.82) is 15.8 Å². The van der Waals surface area contributed by atoms with Gasteiger partial charge in [0.2, 0.25) is 0 Å². The lowest BCUT2D eigenvalue weighted by Gasteiger charge is -2.14. The Labute approximate surface area is 412 Å². The molecule has 11 heteroatoms. The molecule has 0 aliphatic heterocycles. The van der Waals surface area contributed by atoms with Gasteiger partial charge in [0.1, 0.15) is 29.7 Å². The van der Waals surface area contributed by atoms with Crippen molar-refractivity contribution in [3.8, 4) is 18.2 Å². The van der Waals surface area contributed by atoms with Gasteiger partial charge in [-0.15, -0.1) is 0 Å². The number of benzene rings is 5. The first-order chi connectivity index (χ1) is 34.0. The highest BCUT2D eigenvalue weighted by Crippen LogP contribution is 2.25. The smallest absolute Gasteiger partial charge is 0.349 e. The minimum Gasteiger partial charge on any atom is -0.465 e. The van der Waals surface area contributed by atoms with Gasteiger partial charge in [-0.3, -0.25) is 14.4 Å². The molecule has 0 radical (unpaired) electrons. The van der Waals surface area contributed by atoms with Gasteiger partial charge < -0.3 is 14.2 Å². The Morgan fingerprint density at radius 2 is 0.957 bits per heavy atom. The number of rotatable bonds is 20. The summed E-state index contributed by atoms with van der Waals surface area (Å²) in [5.41, 5.74) is 0.803. The quantitative estimate of drug-likeness (QED) is 0.0313. The van der Waals surface area contributed by atoms with Crippen molar-refractivity contribution in [2.24, 2.45) is 11.8 Å². The molecule has 0 saturated heterocycles. The number of carbonyl (C=O) groups excluding carboxylic acids is 5. The van der Waals surface area contributed by atoms with E-state index in [4.69, 9.17) is 19.5 Å². The highest BCUT2D eigenvalue weighted by Gasteiger charge is 2.21. The van der Waals surface area contributed by atoms with Crippen LogP contribution in [-0.2, 0) is 28.6 Å². The van der Waals surface area contributed by atoms with Crippen LogP contribution in [0.5, 0.6) is 0 Å². The van der Waals surface area contributed by atoms with Gasteiger partial charge >= 0.3 is 17.9 Å². The molecule has 0 bridgehead atoms. The van der Waals surface area contributed by atoms with Crippen LogP contribution in [0.25, 0.3) is 43.5 Å².